The molecule has 45 heavy (non-hydrogen) atoms. The number of ether oxygens (including phenoxy) is 2. The van der Waals surface area contributed by atoms with E-state index in [9.17, 15) is 13.9 Å². The molecule has 1 aliphatic carbocycles. The minimum absolute atomic E-state index is 0.0109. The maximum absolute atomic E-state index is 16.8. The van der Waals surface area contributed by atoms with Gasteiger partial charge in [0.1, 0.15) is 41.4 Å². The van der Waals surface area contributed by atoms with Crippen LogP contribution in [0.3, 0.4) is 0 Å². The number of nitrogens with zero attached hydrogens (tertiary/aromatic N) is 5. The van der Waals surface area contributed by atoms with Crippen molar-refractivity contribution in [1.82, 2.24) is 19.9 Å². The standard InChI is InChI=1S/C34H32F3N5O3/c1-2-23-26(36)5-4-20-12-22(43)13-24(27(20)23)29-28(37)30-25(15-38-29)31(41-10-11-44-18-33(17-41)7-8-33)40-32(39-30)45-19-34-6-3-9-42(34)16-21(35)14-34/h1,4-5,12-13,15,21,43H,3,6-11,14,16-19H2/t21-,34+/m1/s1. The Bertz CT molecular complexity index is 1890. The summed E-state index contributed by atoms with van der Waals surface area (Å²) in [6.45, 7) is 3.76. The monoisotopic (exact) mass is 615 g/mol. The number of phenols is 1. The summed E-state index contributed by atoms with van der Waals surface area (Å²) < 4.78 is 58.2. The Hall–Kier alpha value is -4.14. The SMILES string of the molecule is C#Cc1c(F)ccc2cc(O)cc(-c3ncc4c(N5CCOCC6(CC6)C5)nc(OC[C@@]56CCCN5C[C@H](F)C6)nc4c3F)c12. The second kappa shape index (κ2) is 10.5. The molecule has 3 aliphatic heterocycles. The van der Waals surface area contributed by atoms with E-state index in [1.807, 2.05) is 0 Å². The molecule has 2 atom stereocenters. The molecule has 8 rings (SSSR count). The van der Waals surface area contributed by atoms with Crippen LogP contribution in [0.2, 0.25) is 0 Å². The number of alkyl halides is 1. The number of pyridine rings is 1. The minimum atomic E-state index is -0.922. The highest BCUT2D eigenvalue weighted by Gasteiger charge is 2.50. The lowest BCUT2D eigenvalue weighted by Gasteiger charge is -2.31. The minimum Gasteiger partial charge on any atom is -0.508 e. The van der Waals surface area contributed by atoms with E-state index in [0.29, 0.717) is 55.9 Å². The Balaban J connectivity index is 1.28. The molecule has 11 heteroatoms. The first kappa shape index (κ1) is 28.3. The van der Waals surface area contributed by atoms with E-state index in [2.05, 4.69) is 25.7 Å². The van der Waals surface area contributed by atoms with Crippen LogP contribution in [-0.4, -0.2) is 82.7 Å². The van der Waals surface area contributed by atoms with Gasteiger partial charge in [-0.3, -0.25) is 9.88 Å². The van der Waals surface area contributed by atoms with Crippen LogP contribution in [0.4, 0.5) is 19.0 Å². The number of hydrogen-bond donors (Lipinski definition) is 1. The number of rotatable bonds is 5. The average molecular weight is 616 g/mol. The van der Waals surface area contributed by atoms with Gasteiger partial charge in [-0.05, 0) is 55.8 Å². The first-order chi connectivity index (χ1) is 21.8. The number of phenolic OH excluding ortho intramolecular Hbond substituents is 1. The largest absolute Gasteiger partial charge is 0.508 e. The smallest absolute Gasteiger partial charge is 0.319 e. The molecule has 4 aliphatic rings. The van der Waals surface area contributed by atoms with Gasteiger partial charge in [-0.2, -0.15) is 9.97 Å². The molecular weight excluding hydrogens is 583 g/mol. The number of aromatic nitrogens is 3. The fraction of sp³-hybridized carbons (Fsp3) is 0.441. The number of benzene rings is 2. The molecule has 8 nitrogen and oxygen atoms in total. The lowest BCUT2D eigenvalue weighted by atomic mass is 9.95. The van der Waals surface area contributed by atoms with E-state index < -0.39 is 23.3 Å². The summed E-state index contributed by atoms with van der Waals surface area (Å²) >= 11 is 0. The molecule has 2 aromatic heterocycles. The van der Waals surface area contributed by atoms with Crippen molar-refractivity contribution in [3.63, 3.8) is 0 Å². The molecule has 232 valence electrons. The van der Waals surface area contributed by atoms with Gasteiger partial charge in [0.2, 0.25) is 0 Å². The number of aromatic hydroxyl groups is 1. The Morgan fingerprint density at radius 2 is 2.02 bits per heavy atom. The fourth-order valence-corrected chi connectivity index (χ4v) is 7.57. The normalized spacial score (nSPS) is 24.2. The molecule has 0 unspecified atom stereocenters. The Morgan fingerprint density at radius 1 is 1.16 bits per heavy atom. The average Bonchev–Trinajstić information content (AvgIpc) is 3.64. The highest BCUT2D eigenvalue weighted by molar-refractivity contribution is 6.03. The third kappa shape index (κ3) is 4.73. The van der Waals surface area contributed by atoms with Crippen LogP contribution in [0.15, 0.2) is 30.5 Å². The van der Waals surface area contributed by atoms with Crippen LogP contribution in [0.5, 0.6) is 11.8 Å². The van der Waals surface area contributed by atoms with Crippen molar-refractivity contribution in [3.05, 3.63) is 47.7 Å². The topological polar surface area (TPSA) is 83.8 Å². The summed E-state index contributed by atoms with van der Waals surface area (Å²) in [4.78, 5) is 18.1. The predicted molar refractivity (Wildman–Crippen MR) is 163 cm³/mol. The second-order valence-electron chi connectivity index (χ2n) is 13.0. The van der Waals surface area contributed by atoms with Crippen LogP contribution in [0, 0.1) is 29.4 Å². The molecule has 5 heterocycles. The van der Waals surface area contributed by atoms with Gasteiger partial charge in [-0.25, -0.2) is 13.2 Å². The Morgan fingerprint density at radius 3 is 2.84 bits per heavy atom. The van der Waals surface area contributed by atoms with Crippen molar-refractivity contribution in [2.75, 3.05) is 50.9 Å². The van der Waals surface area contributed by atoms with Gasteiger partial charge in [0, 0.05) is 48.6 Å². The molecule has 3 saturated heterocycles. The van der Waals surface area contributed by atoms with Crippen molar-refractivity contribution in [2.45, 2.75) is 43.8 Å². The van der Waals surface area contributed by atoms with Gasteiger partial charge in [0.05, 0.1) is 29.7 Å². The third-order valence-corrected chi connectivity index (χ3v) is 10.0. The summed E-state index contributed by atoms with van der Waals surface area (Å²) in [6, 6.07) is 5.45. The number of hydrogen-bond acceptors (Lipinski definition) is 8. The summed E-state index contributed by atoms with van der Waals surface area (Å²) in [5.74, 6) is 1.28. The van der Waals surface area contributed by atoms with E-state index >= 15 is 4.39 Å². The lowest BCUT2D eigenvalue weighted by Crippen LogP contribution is -2.43. The van der Waals surface area contributed by atoms with Gasteiger partial charge in [0.25, 0.3) is 0 Å². The summed E-state index contributed by atoms with van der Waals surface area (Å²) in [7, 11) is 0. The van der Waals surface area contributed by atoms with Crippen molar-refractivity contribution >= 4 is 27.5 Å². The first-order valence-corrected chi connectivity index (χ1v) is 15.4. The molecule has 4 fully saturated rings. The van der Waals surface area contributed by atoms with Crippen molar-refractivity contribution in [2.24, 2.45) is 5.41 Å². The highest BCUT2D eigenvalue weighted by Crippen LogP contribution is 2.48. The van der Waals surface area contributed by atoms with Crippen LogP contribution in [0.25, 0.3) is 32.9 Å². The maximum atomic E-state index is 16.8. The zero-order valence-electron chi connectivity index (χ0n) is 24.7. The Kier molecular flexibility index (Phi) is 6.59. The van der Waals surface area contributed by atoms with Crippen molar-refractivity contribution in [1.29, 1.82) is 0 Å². The van der Waals surface area contributed by atoms with Crippen molar-refractivity contribution in [3.8, 4) is 35.4 Å². The number of halogens is 3. The number of terminal acetylenes is 1. The van der Waals surface area contributed by atoms with Gasteiger partial charge < -0.3 is 19.5 Å². The zero-order chi connectivity index (χ0) is 30.9. The summed E-state index contributed by atoms with van der Waals surface area (Å²) in [6.07, 6.45) is 10.5. The van der Waals surface area contributed by atoms with Gasteiger partial charge in [0.15, 0.2) is 5.82 Å². The zero-order valence-corrected chi connectivity index (χ0v) is 24.7. The summed E-state index contributed by atoms with van der Waals surface area (Å²) in [5.41, 5.74) is -0.500. The van der Waals surface area contributed by atoms with Crippen LogP contribution in [0.1, 0.15) is 37.7 Å². The van der Waals surface area contributed by atoms with Crippen LogP contribution in [-0.2, 0) is 4.74 Å². The first-order valence-electron chi connectivity index (χ1n) is 15.4. The van der Waals surface area contributed by atoms with E-state index in [4.69, 9.17) is 20.9 Å². The third-order valence-electron chi connectivity index (χ3n) is 10.0. The number of fused-ring (bicyclic) bond motifs is 3. The van der Waals surface area contributed by atoms with Gasteiger partial charge >= 0.3 is 6.01 Å². The molecular formula is C34H32F3N5O3. The quantitative estimate of drug-likeness (QED) is 0.300. The van der Waals surface area contributed by atoms with E-state index in [1.165, 1.54) is 30.5 Å². The molecule has 0 bridgehead atoms. The molecule has 1 N–H and O–H groups in total. The molecule has 0 radical (unpaired) electrons. The van der Waals surface area contributed by atoms with E-state index in [1.54, 1.807) is 0 Å². The number of anilines is 1. The molecule has 0 amide bonds. The molecule has 1 saturated carbocycles. The second-order valence-corrected chi connectivity index (χ2v) is 13.0. The van der Waals surface area contributed by atoms with Crippen LogP contribution < -0.4 is 9.64 Å². The highest BCUT2D eigenvalue weighted by atomic mass is 19.1. The predicted octanol–water partition coefficient (Wildman–Crippen LogP) is 5.38. The molecule has 4 aromatic rings. The molecule has 1 spiro atoms. The van der Waals surface area contributed by atoms with E-state index in [-0.39, 0.29) is 51.5 Å². The van der Waals surface area contributed by atoms with Gasteiger partial charge in [-0.15, -0.1) is 6.42 Å². The maximum Gasteiger partial charge on any atom is 0.319 e. The van der Waals surface area contributed by atoms with E-state index in [0.717, 1.165) is 32.2 Å². The summed E-state index contributed by atoms with van der Waals surface area (Å²) in [5, 5.41) is 11.6. The van der Waals surface area contributed by atoms with Crippen molar-refractivity contribution < 1.29 is 27.8 Å². The molecule has 2 aromatic carbocycles. The fourth-order valence-electron chi connectivity index (χ4n) is 7.57. The Labute approximate surface area is 258 Å². The van der Waals surface area contributed by atoms with Gasteiger partial charge in [-0.1, -0.05) is 12.0 Å². The lowest BCUT2D eigenvalue weighted by molar-refractivity contribution is 0.107. The van der Waals surface area contributed by atoms with Crippen LogP contribution >= 0.6 is 0 Å².